The first-order valence-electron chi connectivity index (χ1n) is 3.48. The predicted octanol–water partition coefficient (Wildman–Crippen LogP) is 0.724. The van der Waals surface area contributed by atoms with Crippen LogP contribution in [0.15, 0.2) is 0 Å². The minimum atomic E-state index is 0.458. The molecule has 4 heteroatoms. The molecule has 1 rings (SSSR count). The molecule has 0 saturated heterocycles. The number of hydrogen-bond donors (Lipinski definition) is 0. The Hall–Kier alpha value is -0.930. The number of hydrogen-bond acceptors (Lipinski definition) is 3. The molecule has 10 heavy (non-hydrogen) atoms. The summed E-state index contributed by atoms with van der Waals surface area (Å²) in [4.78, 5) is 0. The fourth-order valence-electron chi connectivity index (χ4n) is 0.836. The summed E-state index contributed by atoms with van der Waals surface area (Å²) in [5.74, 6) is 1.42. The highest BCUT2D eigenvalue weighted by atomic mass is 15.5. The third-order valence-corrected chi connectivity index (χ3v) is 1.71. The maximum Gasteiger partial charge on any atom is 0.153 e. The zero-order chi connectivity index (χ0) is 7.56. The second-order valence-electron chi connectivity index (χ2n) is 2.47. The van der Waals surface area contributed by atoms with E-state index in [2.05, 4.69) is 29.4 Å². The summed E-state index contributed by atoms with van der Waals surface area (Å²) in [6.45, 7) is 4.24. The van der Waals surface area contributed by atoms with Crippen LogP contribution in [0, 0.1) is 0 Å². The van der Waals surface area contributed by atoms with E-state index in [1.54, 1.807) is 4.68 Å². The van der Waals surface area contributed by atoms with E-state index >= 15 is 0 Å². The molecule has 0 aliphatic rings. The molecule has 0 N–H and O–H groups in total. The quantitative estimate of drug-likeness (QED) is 0.608. The first kappa shape index (κ1) is 7.18. The van der Waals surface area contributed by atoms with Crippen molar-refractivity contribution in [2.24, 2.45) is 7.05 Å². The van der Waals surface area contributed by atoms with Crippen molar-refractivity contribution >= 4 is 0 Å². The molecule has 1 atom stereocenters. The van der Waals surface area contributed by atoms with Gasteiger partial charge in [0, 0.05) is 13.0 Å². The lowest BCUT2D eigenvalue weighted by Gasteiger charge is -2.03. The Kier molecular flexibility index (Phi) is 1.99. The molecule has 0 spiro atoms. The van der Waals surface area contributed by atoms with Crippen molar-refractivity contribution in [3.8, 4) is 0 Å². The van der Waals surface area contributed by atoms with E-state index in [0.29, 0.717) is 5.92 Å². The third kappa shape index (κ3) is 1.15. The van der Waals surface area contributed by atoms with Crippen LogP contribution in [0.5, 0.6) is 0 Å². The molecule has 1 aromatic rings. The van der Waals surface area contributed by atoms with Gasteiger partial charge in [-0.1, -0.05) is 13.8 Å². The summed E-state index contributed by atoms with van der Waals surface area (Å²) in [6.07, 6.45) is 1.08. The zero-order valence-corrected chi connectivity index (χ0v) is 6.57. The molecular formula is C6H12N4. The molecule has 56 valence electrons. The molecule has 0 amide bonds. The molecule has 1 heterocycles. The molecule has 0 aromatic carbocycles. The van der Waals surface area contributed by atoms with Gasteiger partial charge in [0.2, 0.25) is 0 Å². The number of aryl methyl sites for hydroxylation is 1. The van der Waals surface area contributed by atoms with Gasteiger partial charge in [-0.15, -0.1) is 5.10 Å². The molecule has 0 aliphatic heterocycles. The Morgan fingerprint density at radius 1 is 1.60 bits per heavy atom. The van der Waals surface area contributed by atoms with Gasteiger partial charge < -0.3 is 0 Å². The average Bonchev–Trinajstić information content (AvgIpc) is 2.34. The summed E-state index contributed by atoms with van der Waals surface area (Å²) in [6, 6.07) is 0. The highest BCUT2D eigenvalue weighted by Gasteiger charge is 2.08. The predicted molar refractivity (Wildman–Crippen MR) is 37.5 cm³/mol. The van der Waals surface area contributed by atoms with Crippen LogP contribution in [0.3, 0.4) is 0 Å². The van der Waals surface area contributed by atoms with Gasteiger partial charge in [-0.05, 0) is 16.8 Å². The van der Waals surface area contributed by atoms with Crippen molar-refractivity contribution in [2.45, 2.75) is 26.2 Å². The first-order valence-corrected chi connectivity index (χ1v) is 3.48. The van der Waals surface area contributed by atoms with Crippen molar-refractivity contribution in [2.75, 3.05) is 0 Å². The lowest BCUT2D eigenvalue weighted by Crippen LogP contribution is -2.02. The Morgan fingerprint density at radius 3 is 2.70 bits per heavy atom. The first-order chi connectivity index (χ1) is 4.75. The average molecular weight is 140 g/mol. The van der Waals surface area contributed by atoms with Crippen LogP contribution in [0.25, 0.3) is 0 Å². The summed E-state index contributed by atoms with van der Waals surface area (Å²) in [5, 5.41) is 11.2. The van der Waals surface area contributed by atoms with E-state index in [0.717, 1.165) is 12.2 Å². The topological polar surface area (TPSA) is 43.6 Å². The molecule has 1 aromatic heterocycles. The number of aromatic nitrogens is 4. The van der Waals surface area contributed by atoms with Crippen LogP contribution < -0.4 is 0 Å². The van der Waals surface area contributed by atoms with Gasteiger partial charge >= 0.3 is 0 Å². The number of tetrazole rings is 1. The van der Waals surface area contributed by atoms with E-state index in [-0.39, 0.29) is 0 Å². The molecule has 0 aliphatic carbocycles. The van der Waals surface area contributed by atoms with Crippen LogP contribution in [-0.4, -0.2) is 20.2 Å². The van der Waals surface area contributed by atoms with Crippen LogP contribution in [-0.2, 0) is 7.05 Å². The highest BCUT2D eigenvalue weighted by Crippen LogP contribution is 2.12. The smallest absolute Gasteiger partial charge is 0.153 e. The van der Waals surface area contributed by atoms with Crippen molar-refractivity contribution in [3.05, 3.63) is 5.82 Å². The van der Waals surface area contributed by atoms with E-state index in [9.17, 15) is 0 Å². The SMILES string of the molecule is CC[C@H](C)c1nnnn1C. The minimum Gasteiger partial charge on any atom is -0.232 e. The monoisotopic (exact) mass is 140 g/mol. The summed E-state index contributed by atoms with van der Waals surface area (Å²) in [7, 11) is 1.86. The van der Waals surface area contributed by atoms with E-state index in [1.165, 1.54) is 0 Å². The normalized spacial score (nSPS) is 13.5. The fraction of sp³-hybridized carbons (Fsp3) is 0.833. The van der Waals surface area contributed by atoms with Gasteiger partial charge in [0.25, 0.3) is 0 Å². The zero-order valence-electron chi connectivity index (χ0n) is 6.57. The summed E-state index contributed by atoms with van der Waals surface area (Å²) in [5.41, 5.74) is 0. The second-order valence-corrected chi connectivity index (χ2v) is 2.47. The molecular weight excluding hydrogens is 128 g/mol. The van der Waals surface area contributed by atoms with E-state index in [4.69, 9.17) is 0 Å². The van der Waals surface area contributed by atoms with Crippen molar-refractivity contribution in [1.29, 1.82) is 0 Å². The molecule has 0 radical (unpaired) electrons. The lowest BCUT2D eigenvalue weighted by atomic mass is 10.1. The Labute approximate surface area is 60.2 Å². The molecule has 4 nitrogen and oxygen atoms in total. The molecule has 0 bridgehead atoms. The van der Waals surface area contributed by atoms with Gasteiger partial charge in [0.15, 0.2) is 5.82 Å². The van der Waals surface area contributed by atoms with Crippen molar-refractivity contribution < 1.29 is 0 Å². The maximum absolute atomic E-state index is 3.89. The van der Waals surface area contributed by atoms with E-state index < -0.39 is 0 Å². The van der Waals surface area contributed by atoms with Crippen LogP contribution >= 0.6 is 0 Å². The molecule has 0 unspecified atom stereocenters. The fourth-order valence-corrected chi connectivity index (χ4v) is 0.836. The van der Waals surface area contributed by atoms with E-state index in [1.807, 2.05) is 7.05 Å². The molecule has 0 saturated carbocycles. The number of nitrogens with zero attached hydrogens (tertiary/aromatic N) is 4. The summed E-state index contributed by atoms with van der Waals surface area (Å²) < 4.78 is 1.72. The standard InChI is InChI=1S/C6H12N4/c1-4-5(2)6-7-8-9-10(6)3/h5H,4H2,1-3H3/t5-/m0/s1. The van der Waals surface area contributed by atoms with Gasteiger partial charge in [-0.3, -0.25) is 0 Å². The Morgan fingerprint density at radius 2 is 2.30 bits per heavy atom. The third-order valence-electron chi connectivity index (χ3n) is 1.71. The Balaban J connectivity index is 2.82. The lowest BCUT2D eigenvalue weighted by molar-refractivity contribution is 0.606. The van der Waals surface area contributed by atoms with Crippen LogP contribution in [0.1, 0.15) is 32.0 Å². The summed E-state index contributed by atoms with van der Waals surface area (Å²) >= 11 is 0. The van der Waals surface area contributed by atoms with Crippen molar-refractivity contribution in [1.82, 2.24) is 20.2 Å². The largest absolute Gasteiger partial charge is 0.232 e. The van der Waals surface area contributed by atoms with Crippen LogP contribution in [0.2, 0.25) is 0 Å². The Bertz CT molecular complexity index is 205. The van der Waals surface area contributed by atoms with Crippen LogP contribution in [0.4, 0.5) is 0 Å². The number of rotatable bonds is 2. The van der Waals surface area contributed by atoms with Gasteiger partial charge in [0.05, 0.1) is 0 Å². The van der Waals surface area contributed by atoms with Crippen molar-refractivity contribution in [3.63, 3.8) is 0 Å². The molecule has 0 fully saturated rings. The minimum absolute atomic E-state index is 0.458. The van der Waals surface area contributed by atoms with Gasteiger partial charge in [-0.25, -0.2) is 4.68 Å². The maximum atomic E-state index is 3.89. The highest BCUT2D eigenvalue weighted by molar-refractivity contribution is 4.88. The van der Waals surface area contributed by atoms with Gasteiger partial charge in [0.1, 0.15) is 0 Å². The van der Waals surface area contributed by atoms with Gasteiger partial charge in [-0.2, -0.15) is 0 Å². The second kappa shape index (κ2) is 2.77.